The van der Waals surface area contributed by atoms with Crippen LogP contribution in [0.2, 0.25) is 0 Å². The first-order chi connectivity index (χ1) is 23.4. The lowest BCUT2D eigenvalue weighted by atomic mass is 10.0. The van der Waals surface area contributed by atoms with Crippen LogP contribution in [0.4, 0.5) is 4.39 Å². The number of aromatic amines is 1. The van der Waals surface area contributed by atoms with E-state index in [9.17, 15) is 28.4 Å². The fraction of sp³-hybridized carbons (Fsp3) is 0.394. The number of aliphatic imine (C=N–C) groups is 1. The maximum absolute atomic E-state index is 13.5. The quantitative estimate of drug-likeness (QED) is 0.0530. The Balaban J connectivity index is 1.36. The van der Waals surface area contributed by atoms with Crippen LogP contribution in [0.3, 0.4) is 0 Å². The largest absolute Gasteiger partial charge is 0.370 e. The standard InChI is InChI=1S/C33H43FN10O5/c34-21-11-9-19(10-12-21)15-23(35)32(49)44-14-4-8-27(44)31(48)43-25(7-3-13-39-33(37)38)30(47)41-18-28(45)42-26(29(36)46)16-20-17-40-24-6-2-1-5-22(20)24/h1-2,5-6,9-12,17,23,25-27,40H,3-4,7-8,13-16,18,35H2,(H2,36,46)(H,41,47)(H,42,45)(H,43,48)(H4,37,38,39)/t23-,25-,26-,27?/m0/s1. The summed E-state index contributed by atoms with van der Waals surface area (Å²) in [5.74, 6) is -3.61. The molecular weight excluding hydrogens is 635 g/mol. The molecule has 0 aliphatic carbocycles. The van der Waals surface area contributed by atoms with Crippen LogP contribution < -0.4 is 38.9 Å². The van der Waals surface area contributed by atoms with Gasteiger partial charge in [0, 0.05) is 36.6 Å². The van der Waals surface area contributed by atoms with Crippen molar-refractivity contribution in [2.75, 3.05) is 19.6 Å². The molecule has 2 aromatic carbocycles. The van der Waals surface area contributed by atoms with E-state index in [1.165, 1.54) is 17.0 Å². The second-order valence-electron chi connectivity index (χ2n) is 11.9. The fourth-order valence-corrected chi connectivity index (χ4v) is 5.80. The summed E-state index contributed by atoms with van der Waals surface area (Å²) in [6.45, 7) is -0.0128. The van der Waals surface area contributed by atoms with E-state index in [0.717, 1.165) is 16.5 Å². The van der Waals surface area contributed by atoms with Crippen molar-refractivity contribution in [3.8, 4) is 0 Å². The Hall–Kier alpha value is -5.51. The van der Waals surface area contributed by atoms with Crippen LogP contribution in [0.15, 0.2) is 59.7 Å². The molecule has 0 radical (unpaired) electrons. The van der Waals surface area contributed by atoms with Gasteiger partial charge >= 0.3 is 0 Å². The molecule has 0 bridgehead atoms. The fourth-order valence-electron chi connectivity index (χ4n) is 5.80. The topological polar surface area (TPSA) is 257 Å². The van der Waals surface area contributed by atoms with Crippen LogP contribution in [0, 0.1) is 5.82 Å². The number of guanidine groups is 1. The lowest BCUT2D eigenvalue weighted by Gasteiger charge is -2.28. The summed E-state index contributed by atoms with van der Waals surface area (Å²) >= 11 is 0. The Morgan fingerprint density at radius 1 is 0.980 bits per heavy atom. The summed E-state index contributed by atoms with van der Waals surface area (Å²) < 4.78 is 13.3. The van der Waals surface area contributed by atoms with Crippen LogP contribution in [-0.2, 0) is 36.8 Å². The molecule has 16 heteroatoms. The van der Waals surface area contributed by atoms with Crippen LogP contribution in [0.5, 0.6) is 0 Å². The summed E-state index contributed by atoms with van der Waals surface area (Å²) in [6.07, 6.45) is 3.36. The molecule has 0 spiro atoms. The van der Waals surface area contributed by atoms with E-state index in [1.54, 1.807) is 18.3 Å². The average Bonchev–Trinajstić information content (AvgIpc) is 3.73. The SMILES string of the molecule is NC(=O)[C@H](Cc1c[nH]c2ccccc12)NC(=O)CNC(=O)[C@H](CCCN=C(N)N)NC(=O)C1CCCN1C(=O)[C@@H](N)Cc1ccc(F)cc1. The zero-order valence-electron chi connectivity index (χ0n) is 27.0. The lowest BCUT2D eigenvalue weighted by molar-refractivity contribution is -0.140. The first-order valence-corrected chi connectivity index (χ1v) is 16.0. The van der Waals surface area contributed by atoms with Gasteiger partial charge in [0.15, 0.2) is 5.96 Å². The molecule has 49 heavy (non-hydrogen) atoms. The number of carbonyl (C=O) groups excluding carboxylic acids is 5. The number of nitrogens with two attached hydrogens (primary N) is 4. The third-order valence-electron chi connectivity index (χ3n) is 8.30. The second kappa shape index (κ2) is 17.1. The molecule has 1 aliphatic heterocycles. The number of amides is 5. The first-order valence-electron chi connectivity index (χ1n) is 16.0. The molecular formula is C33H43FN10O5. The van der Waals surface area contributed by atoms with E-state index >= 15 is 0 Å². The Morgan fingerprint density at radius 2 is 1.71 bits per heavy atom. The molecule has 1 saturated heterocycles. The highest BCUT2D eigenvalue weighted by molar-refractivity contribution is 5.95. The number of aromatic nitrogens is 1. The summed E-state index contributed by atoms with van der Waals surface area (Å²) in [4.78, 5) is 73.4. The molecule has 15 nitrogen and oxygen atoms in total. The second-order valence-corrected chi connectivity index (χ2v) is 11.9. The Morgan fingerprint density at radius 3 is 2.43 bits per heavy atom. The van der Waals surface area contributed by atoms with E-state index < -0.39 is 66.1 Å². The van der Waals surface area contributed by atoms with Crippen LogP contribution >= 0.6 is 0 Å². The zero-order valence-corrected chi connectivity index (χ0v) is 27.0. The van der Waals surface area contributed by atoms with Crippen molar-refractivity contribution in [2.24, 2.45) is 27.9 Å². The molecule has 4 atom stereocenters. The van der Waals surface area contributed by atoms with Gasteiger partial charge in [-0.3, -0.25) is 29.0 Å². The van der Waals surface area contributed by atoms with Crippen molar-refractivity contribution in [1.82, 2.24) is 25.8 Å². The molecule has 12 N–H and O–H groups in total. The predicted molar refractivity (Wildman–Crippen MR) is 181 cm³/mol. The summed E-state index contributed by atoms with van der Waals surface area (Å²) in [7, 11) is 0. The highest BCUT2D eigenvalue weighted by atomic mass is 19.1. The number of para-hydroxylation sites is 1. The molecule has 1 aromatic heterocycles. The normalized spacial score (nSPS) is 16.0. The Bertz CT molecular complexity index is 1670. The number of primary amides is 1. The van der Waals surface area contributed by atoms with Crippen molar-refractivity contribution in [2.45, 2.75) is 62.7 Å². The minimum absolute atomic E-state index is 0.116. The van der Waals surface area contributed by atoms with Crippen molar-refractivity contribution in [3.05, 3.63) is 71.7 Å². The van der Waals surface area contributed by atoms with Gasteiger partial charge in [0.2, 0.25) is 29.5 Å². The third-order valence-corrected chi connectivity index (χ3v) is 8.30. The van der Waals surface area contributed by atoms with Crippen molar-refractivity contribution < 1.29 is 28.4 Å². The van der Waals surface area contributed by atoms with Crippen molar-refractivity contribution in [1.29, 1.82) is 0 Å². The molecule has 2 heterocycles. The highest BCUT2D eigenvalue weighted by Gasteiger charge is 2.37. The summed E-state index contributed by atoms with van der Waals surface area (Å²) in [6, 6.07) is 9.15. The van der Waals surface area contributed by atoms with Gasteiger partial charge in [-0.2, -0.15) is 0 Å². The minimum Gasteiger partial charge on any atom is -0.370 e. The van der Waals surface area contributed by atoms with Gasteiger partial charge in [-0.15, -0.1) is 0 Å². The van der Waals surface area contributed by atoms with E-state index in [2.05, 4.69) is 25.9 Å². The number of carbonyl (C=O) groups is 5. The van der Waals surface area contributed by atoms with Gasteiger partial charge in [0.1, 0.15) is 23.9 Å². The first kappa shape index (κ1) is 36.3. The highest BCUT2D eigenvalue weighted by Crippen LogP contribution is 2.21. The number of hydrogen-bond acceptors (Lipinski definition) is 7. The molecule has 1 unspecified atom stereocenters. The third kappa shape index (κ3) is 10.2. The number of benzene rings is 2. The van der Waals surface area contributed by atoms with Crippen molar-refractivity contribution >= 4 is 46.4 Å². The van der Waals surface area contributed by atoms with Crippen molar-refractivity contribution in [3.63, 3.8) is 0 Å². The maximum atomic E-state index is 13.5. The minimum atomic E-state index is -1.10. The number of rotatable bonds is 16. The smallest absolute Gasteiger partial charge is 0.243 e. The Kier molecular flexibility index (Phi) is 12.6. The van der Waals surface area contributed by atoms with Crippen LogP contribution in [-0.4, -0.2) is 89.2 Å². The molecule has 262 valence electrons. The molecule has 0 saturated carbocycles. The van der Waals surface area contributed by atoms with Gasteiger partial charge < -0.3 is 48.8 Å². The monoisotopic (exact) mass is 678 g/mol. The number of fused-ring (bicyclic) bond motifs is 1. The van der Waals surface area contributed by atoms with E-state index in [4.69, 9.17) is 22.9 Å². The van der Waals surface area contributed by atoms with Gasteiger partial charge in [-0.05, 0) is 61.4 Å². The van der Waals surface area contributed by atoms with Gasteiger partial charge in [-0.1, -0.05) is 30.3 Å². The lowest BCUT2D eigenvalue weighted by Crippen LogP contribution is -2.56. The molecule has 1 aliphatic rings. The Labute approximate surface area is 282 Å². The van der Waals surface area contributed by atoms with Gasteiger partial charge in [0.25, 0.3) is 0 Å². The number of halogens is 1. The van der Waals surface area contributed by atoms with E-state index in [-0.39, 0.29) is 31.8 Å². The molecule has 3 aromatic rings. The number of nitrogens with zero attached hydrogens (tertiary/aromatic N) is 2. The maximum Gasteiger partial charge on any atom is 0.243 e. The van der Waals surface area contributed by atoms with E-state index in [0.29, 0.717) is 31.4 Å². The predicted octanol–water partition coefficient (Wildman–Crippen LogP) is -0.965. The summed E-state index contributed by atoms with van der Waals surface area (Å²) in [5.41, 5.74) is 24.9. The number of nitrogens with one attached hydrogen (secondary N) is 4. The van der Waals surface area contributed by atoms with Crippen LogP contribution in [0.25, 0.3) is 10.9 Å². The number of H-pyrrole nitrogens is 1. The summed E-state index contributed by atoms with van der Waals surface area (Å²) in [5, 5.41) is 8.66. The van der Waals surface area contributed by atoms with Crippen LogP contribution in [0.1, 0.15) is 36.8 Å². The zero-order chi connectivity index (χ0) is 35.5. The van der Waals surface area contributed by atoms with Gasteiger partial charge in [-0.25, -0.2) is 4.39 Å². The number of hydrogen-bond donors (Lipinski definition) is 8. The van der Waals surface area contributed by atoms with Gasteiger partial charge in [0.05, 0.1) is 12.6 Å². The molecule has 1 fully saturated rings. The van der Waals surface area contributed by atoms with E-state index in [1.807, 2.05) is 24.3 Å². The number of likely N-dealkylation sites (tertiary alicyclic amines) is 1. The average molecular weight is 679 g/mol. The molecule has 4 rings (SSSR count). The molecule has 5 amide bonds.